The van der Waals surface area contributed by atoms with Crippen LogP contribution in [0, 0.1) is 13.8 Å². The monoisotopic (exact) mass is 276 g/mol. The third kappa shape index (κ3) is 2.88. The molecule has 0 fully saturated rings. The number of aromatic nitrogens is 2. The van der Waals surface area contributed by atoms with Crippen LogP contribution in [0.1, 0.15) is 35.7 Å². The lowest BCUT2D eigenvalue weighted by atomic mass is 10.2. The lowest BCUT2D eigenvalue weighted by molar-refractivity contribution is 0.415. The second-order valence-electron chi connectivity index (χ2n) is 5.46. The molecule has 2 rings (SSSR count). The van der Waals surface area contributed by atoms with Crippen molar-refractivity contribution < 1.29 is 4.42 Å². The van der Waals surface area contributed by atoms with E-state index in [1.807, 2.05) is 51.8 Å². The van der Waals surface area contributed by atoms with Crippen molar-refractivity contribution in [2.24, 2.45) is 7.05 Å². The molecule has 0 saturated heterocycles. The number of nitrogens with zero attached hydrogens (tertiary/aromatic N) is 3. The van der Waals surface area contributed by atoms with E-state index in [1.165, 1.54) is 5.56 Å². The van der Waals surface area contributed by atoms with Crippen molar-refractivity contribution in [1.82, 2.24) is 15.1 Å². The molecule has 0 aromatic carbocycles. The van der Waals surface area contributed by atoms with Crippen molar-refractivity contribution in [2.45, 2.75) is 33.4 Å². The van der Waals surface area contributed by atoms with Gasteiger partial charge in [-0.25, -0.2) is 0 Å². The van der Waals surface area contributed by atoms with Gasteiger partial charge >= 0.3 is 0 Å². The van der Waals surface area contributed by atoms with Gasteiger partial charge in [0.05, 0.1) is 11.7 Å². The highest BCUT2D eigenvalue weighted by atomic mass is 16.3. The van der Waals surface area contributed by atoms with Crippen LogP contribution in [0.25, 0.3) is 0 Å². The first-order valence-corrected chi connectivity index (χ1v) is 6.89. The third-order valence-electron chi connectivity index (χ3n) is 3.51. The smallest absolute Gasteiger partial charge is 0.130 e. The van der Waals surface area contributed by atoms with Gasteiger partial charge < -0.3 is 14.6 Å². The molecule has 110 valence electrons. The molecule has 2 aromatic heterocycles. The van der Waals surface area contributed by atoms with Gasteiger partial charge in [-0.1, -0.05) is 0 Å². The summed E-state index contributed by atoms with van der Waals surface area (Å²) in [6.07, 6.45) is 0. The van der Waals surface area contributed by atoms with Gasteiger partial charge in [0.2, 0.25) is 0 Å². The maximum Gasteiger partial charge on any atom is 0.130 e. The Bertz CT molecular complexity index is 583. The predicted octanol–water partition coefficient (Wildman–Crippen LogP) is 2.55. The van der Waals surface area contributed by atoms with Gasteiger partial charge in [-0.15, -0.1) is 0 Å². The van der Waals surface area contributed by atoms with Crippen molar-refractivity contribution in [1.29, 1.82) is 0 Å². The number of rotatable bonds is 5. The average molecular weight is 276 g/mol. The second kappa shape index (κ2) is 5.71. The molecular weight excluding hydrogens is 252 g/mol. The molecule has 1 unspecified atom stereocenters. The van der Waals surface area contributed by atoms with E-state index in [4.69, 9.17) is 4.42 Å². The normalized spacial score (nSPS) is 12.7. The van der Waals surface area contributed by atoms with E-state index in [2.05, 4.69) is 22.2 Å². The summed E-state index contributed by atoms with van der Waals surface area (Å²) in [5, 5.41) is 8.00. The number of furan rings is 1. The summed E-state index contributed by atoms with van der Waals surface area (Å²) in [5.74, 6) is 3.05. The van der Waals surface area contributed by atoms with Gasteiger partial charge in [0.25, 0.3) is 0 Å². The molecule has 0 radical (unpaired) electrons. The Kier molecular flexibility index (Phi) is 4.18. The highest BCUT2D eigenvalue weighted by molar-refractivity contribution is 5.48. The molecule has 20 heavy (non-hydrogen) atoms. The molecule has 0 aliphatic carbocycles. The van der Waals surface area contributed by atoms with Gasteiger partial charge in [-0.3, -0.25) is 4.68 Å². The molecule has 0 spiro atoms. The minimum Gasteiger partial charge on any atom is -0.465 e. The summed E-state index contributed by atoms with van der Waals surface area (Å²) >= 11 is 0. The van der Waals surface area contributed by atoms with E-state index in [0.717, 1.165) is 29.6 Å². The molecule has 0 saturated carbocycles. The highest BCUT2D eigenvalue weighted by Crippen LogP contribution is 2.23. The second-order valence-corrected chi connectivity index (χ2v) is 5.46. The van der Waals surface area contributed by atoms with Crippen LogP contribution in [0.4, 0.5) is 5.82 Å². The van der Waals surface area contributed by atoms with E-state index < -0.39 is 0 Å². The molecule has 0 amide bonds. The van der Waals surface area contributed by atoms with E-state index in [-0.39, 0.29) is 6.04 Å². The maximum absolute atomic E-state index is 5.65. The Labute approximate surface area is 120 Å². The molecule has 1 N–H and O–H groups in total. The van der Waals surface area contributed by atoms with E-state index in [0.29, 0.717) is 0 Å². The summed E-state index contributed by atoms with van der Waals surface area (Å²) in [4.78, 5) is 2.10. The fourth-order valence-electron chi connectivity index (χ4n) is 2.50. The zero-order chi connectivity index (χ0) is 14.9. The van der Waals surface area contributed by atoms with Crippen LogP contribution in [-0.4, -0.2) is 23.9 Å². The number of hydrogen-bond donors (Lipinski definition) is 1. The van der Waals surface area contributed by atoms with Crippen molar-refractivity contribution >= 4 is 5.82 Å². The first-order chi connectivity index (χ1) is 9.40. The van der Waals surface area contributed by atoms with Gasteiger partial charge in [0, 0.05) is 33.3 Å². The quantitative estimate of drug-likeness (QED) is 0.911. The Morgan fingerprint density at radius 1 is 1.35 bits per heavy atom. The molecule has 5 nitrogen and oxygen atoms in total. The molecular formula is C15H24N4O. The Morgan fingerprint density at radius 2 is 2.05 bits per heavy atom. The highest BCUT2D eigenvalue weighted by Gasteiger charge is 2.16. The van der Waals surface area contributed by atoms with E-state index >= 15 is 0 Å². The molecule has 2 heterocycles. The number of aryl methyl sites for hydroxylation is 3. The molecule has 5 heteroatoms. The summed E-state index contributed by atoms with van der Waals surface area (Å²) in [5.41, 5.74) is 2.29. The fourth-order valence-corrected chi connectivity index (χ4v) is 2.50. The summed E-state index contributed by atoms with van der Waals surface area (Å²) in [6.45, 7) is 6.89. The first-order valence-electron chi connectivity index (χ1n) is 6.89. The van der Waals surface area contributed by atoms with Crippen molar-refractivity contribution in [3.05, 3.63) is 34.9 Å². The van der Waals surface area contributed by atoms with E-state index in [9.17, 15) is 0 Å². The maximum atomic E-state index is 5.65. The fraction of sp³-hybridized carbons (Fsp3) is 0.533. The van der Waals surface area contributed by atoms with Crippen molar-refractivity contribution in [2.75, 3.05) is 19.0 Å². The lowest BCUT2D eigenvalue weighted by Gasteiger charge is -2.17. The van der Waals surface area contributed by atoms with Crippen LogP contribution in [0.15, 0.2) is 16.5 Å². The number of nitrogens with one attached hydrogen (secondary N) is 1. The van der Waals surface area contributed by atoms with Gasteiger partial charge in [-0.2, -0.15) is 5.10 Å². The van der Waals surface area contributed by atoms with Gasteiger partial charge in [-0.05, 0) is 32.9 Å². The largest absolute Gasteiger partial charge is 0.465 e. The van der Waals surface area contributed by atoms with Crippen LogP contribution in [0.3, 0.4) is 0 Å². The topological polar surface area (TPSA) is 46.2 Å². The molecule has 1 atom stereocenters. The van der Waals surface area contributed by atoms with Crippen molar-refractivity contribution in [3.8, 4) is 0 Å². The van der Waals surface area contributed by atoms with Crippen molar-refractivity contribution in [3.63, 3.8) is 0 Å². The lowest BCUT2D eigenvalue weighted by Crippen LogP contribution is -2.21. The van der Waals surface area contributed by atoms with Crippen LogP contribution >= 0.6 is 0 Å². The Morgan fingerprint density at radius 3 is 2.60 bits per heavy atom. The minimum atomic E-state index is 0.179. The standard InChI is InChI=1S/C15H24N4O/c1-10-7-8-14(20-10)12(3)16-9-13-11(2)17-19(6)15(13)18(4)5/h7-8,12,16H,9H2,1-6H3. The van der Waals surface area contributed by atoms with Gasteiger partial charge in [0.1, 0.15) is 17.3 Å². The molecule has 0 aliphatic rings. The Hall–Kier alpha value is -1.75. The van der Waals surface area contributed by atoms with Crippen LogP contribution in [0.2, 0.25) is 0 Å². The number of anilines is 1. The summed E-state index contributed by atoms with van der Waals surface area (Å²) in [6, 6.07) is 4.20. The predicted molar refractivity (Wildman–Crippen MR) is 81.0 cm³/mol. The molecule has 0 bridgehead atoms. The molecule has 2 aromatic rings. The van der Waals surface area contributed by atoms with Crippen LogP contribution < -0.4 is 10.2 Å². The average Bonchev–Trinajstić information content (AvgIpc) is 2.90. The minimum absolute atomic E-state index is 0.179. The van der Waals surface area contributed by atoms with Crippen LogP contribution in [-0.2, 0) is 13.6 Å². The Balaban J connectivity index is 2.11. The zero-order valence-electron chi connectivity index (χ0n) is 13.2. The summed E-state index contributed by atoms with van der Waals surface area (Å²) in [7, 11) is 6.06. The summed E-state index contributed by atoms with van der Waals surface area (Å²) < 4.78 is 7.58. The first kappa shape index (κ1) is 14.7. The van der Waals surface area contributed by atoms with Crippen LogP contribution in [0.5, 0.6) is 0 Å². The SMILES string of the molecule is Cc1ccc(C(C)NCc2c(C)nn(C)c2N(C)C)o1. The number of hydrogen-bond acceptors (Lipinski definition) is 4. The van der Waals surface area contributed by atoms with E-state index in [1.54, 1.807) is 0 Å². The van der Waals surface area contributed by atoms with Gasteiger partial charge in [0.15, 0.2) is 0 Å². The molecule has 0 aliphatic heterocycles. The third-order valence-corrected chi connectivity index (χ3v) is 3.51. The zero-order valence-corrected chi connectivity index (χ0v) is 13.2.